The predicted molar refractivity (Wildman–Crippen MR) is 65.3 cm³/mol. The lowest BCUT2D eigenvalue weighted by Gasteiger charge is -2.19. The van der Waals surface area contributed by atoms with Gasteiger partial charge in [-0.15, -0.1) is 0 Å². The van der Waals surface area contributed by atoms with Gasteiger partial charge in [0, 0.05) is 5.56 Å². The predicted octanol–water partition coefficient (Wildman–Crippen LogP) is 2.37. The molecule has 0 saturated carbocycles. The molecule has 0 bridgehead atoms. The van der Waals surface area contributed by atoms with E-state index in [-0.39, 0.29) is 6.04 Å². The van der Waals surface area contributed by atoms with Crippen LogP contribution in [0.15, 0.2) is 12.1 Å². The number of hydrogen-bond acceptors (Lipinski definition) is 4. The molecule has 4 nitrogen and oxygen atoms in total. The third-order valence-corrected chi connectivity index (χ3v) is 2.97. The van der Waals surface area contributed by atoms with Crippen molar-refractivity contribution in [2.24, 2.45) is 0 Å². The lowest BCUT2D eigenvalue weighted by Crippen LogP contribution is -2.19. The number of nitrogens with one attached hydrogen (secondary N) is 1. The van der Waals surface area contributed by atoms with Crippen LogP contribution in [-0.2, 0) is 4.84 Å². The van der Waals surface area contributed by atoms with E-state index in [1.165, 1.54) is 0 Å². The fourth-order valence-electron chi connectivity index (χ4n) is 2.21. The van der Waals surface area contributed by atoms with Gasteiger partial charge in [0.2, 0.25) is 0 Å². The summed E-state index contributed by atoms with van der Waals surface area (Å²) in [5.74, 6) is 1.63. The van der Waals surface area contributed by atoms with E-state index in [1.54, 1.807) is 14.2 Å². The molecule has 1 atom stereocenters. The molecule has 1 heterocycles. The van der Waals surface area contributed by atoms with Gasteiger partial charge < -0.3 is 14.3 Å². The van der Waals surface area contributed by atoms with Gasteiger partial charge in [-0.05, 0) is 31.4 Å². The van der Waals surface area contributed by atoms with Crippen molar-refractivity contribution in [3.8, 4) is 11.5 Å². The van der Waals surface area contributed by atoms with Crippen molar-refractivity contribution in [3.63, 3.8) is 0 Å². The molecule has 1 aromatic rings. The molecule has 0 radical (unpaired) electrons. The van der Waals surface area contributed by atoms with E-state index >= 15 is 0 Å². The highest BCUT2D eigenvalue weighted by atomic mass is 16.6. The molecule has 1 N–H and O–H groups in total. The van der Waals surface area contributed by atoms with Crippen LogP contribution in [0.25, 0.3) is 0 Å². The molecule has 2 rings (SSSR count). The molecule has 4 heteroatoms. The lowest BCUT2D eigenvalue weighted by molar-refractivity contribution is 0.0579. The second-order valence-electron chi connectivity index (χ2n) is 4.25. The summed E-state index contributed by atoms with van der Waals surface area (Å²) in [7, 11) is 3.31. The molecule has 94 valence electrons. The Hall–Kier alpha value is -1.26. The molecule has 0 saturated heterocycles. The number of hydroxylamine groups is 1. The van der Waals surface area contributed by atoms with Gasteiger partial charge in [0.1, 0.15) is 0 Å². The topological polar surface area (TPSA) is 39.7 Å². The molecule has 1 aliphatic rings. The number of benzene rings is 1. The minimum Gasteiger partial charge on any atom is -0.493 e. The minimum atomic E-state index is 0.159. The van der Waals surface area contributed by atoms with Crippen LogP contribution >= 0.6 is 0 Å². The first-order valence-electron chi connectivity index (χ1n) is 5.86. The van der Waals surface area contributed by atoms with Crippen LogP contribution in [0, 0.1) is 6.92 Å². The van der Waals surface area contributed by atoms with Gasteiger partial charge in [-0.25, -0.2) is 0 Å². The Kier molecular flexibility index (Phi) is 3.86. The van der Waals surface area contributed by atoms with Gasteiger partial charge in [-0.1, -0.05) is 6.07 Å². The monoisotopic (exact) mass is 237 g/mol. The number of fused-ring (bicyclic) bond motifs is 1. The number of rotatable bonds is 3. The maximum absolute atomic E-state index is 5.78. The Morgan fingerprint density at radius 3 is 2.88 bits per heavy atom. The molecule has 1 unspecified atom stereocenters. The Bertz CT molecular complexity index is 392. The summed E-state index contributed by atoms with van der Waals surface area (Å²) >= 11 is 0. The average molecular weight is 237 g/mol. The Labute approximate surface area is 102 Å². The molecule has 0 amide bonds. The van der Waals surface area contributed by atoms with E-state index < -0.39 is 0 Å². The highest BCUT2D eigenvalue weighted by molar-refractivity contribution is 5.51. The summed E-state index contributed by atoms with van der Waals surface area (Å²) < 4.78 is 11.2. The van der Waals surface area contributed by atoms with Crippen LogP contribution < -0.4 is 15.0 Å². The van der Waals surface area contributed by atoms with Crippen LogP contribution in [0.5, 0.6) is 11.5 Å². The SMILES string of the molecule is CONC1CCCOc2c(OC)cc(C)cc21. The third kappa shape index (κ3) is 2.53. The van der Waals surface area contributed by atoms with Gasteiger partial charge >= 0.3 is 0 Å². The van der Waals surface area contributed by atoms with Crippen LogP contribution in [0.3, 0.4) is 0 Å². The normalized spacial score (nSPS) is 19.1. The first kappa shape index (κ1) is 12.2. The van der Waals surface area contributed by atoms with Crippen LogP contribution in [0.2, 0.25) is 0 Å². The molecule has 0 spiro atoms. The summed E-state index contributed by atoms with van der Waals surface area (Å²) in [6.07, 6.45) is 1.99. The average Bonchev–Trinajstić information content (AvgIpc) is 2.52. The Balaban J connectivity index is 2.45. The first-order chi connectivity index (χ1) is 8.26. The van der Waals surface area contributed by atoms with E-state index in [1.807, 2.05) is 6.07 Å². The quantitative estimate of drug-likeness (QED) is 0.819. The van der Waals surface area contributed by atoms with Crippen molar-refractivity contribution < 1.29 is 14.3 Å². The second kappa shape index (κ2) is 5.38. The Morgan fingerprint density at radius 2 is 2.18 bits per heavy atom. The van der Waals surface area contributed by atoms with E-state index in [2.05, 4.69) is 18.5 Å². The van der Waals surface area contributed by atoms with Gasteiger partial charge in [-0.2, -0.15) is 5.48 Å². The highest BCUT2D eigenvalue weighted by Gasteiger charge is 2.23. The first-order valence-corrected chi connectivity index (χ1v) is 5.86. The van der Waals surface area contributed by atoms with Crippen molar-refractivity contribution in [3.05, 3.63) is 23.3 Å². The van der Waals surface area contributed by atoms with Crippen molar-refractivity contribution in [2.45, 2.75) is 25.8 Å². The zero-order valence-corrected chi connectivity index (χ0v) is 10.6. The van der Waals surface area contributed by atoms with Gasteiger partial charge in [0.15, 0.2) is 11.5 Å². The summed E-state index contributed by atoms with van der Waals surface area (Å²) in [4.78, 5) is 5.06. The van der Waals surface area contributed by atoms with E-state index in [9.17, 15) is 0 Å². The number of hydrogen-bond donors (Lipinski definition) is 1. The molecule has 17 heavy (non-hydrogen) atoms. The van der Waals surface area contributed by atoms with E-state index in [0.717, 1.165) is 35.5 Å². The summed E-state index contributed by atoms with van der Waals surface area (Å²) in [6.45, 7) is 2.77. The molecular weight excluding hydrogens is 218 g/mol. The number of methoxy groups -OCH3 is 1. The van der Waals surface area contributed by atoms with Gasteiger partial charge in [-0.3, -0.25) is 0 Å². The van der Waals surface area contributed by atoms with E-state index in [4.69, 9.17) is 14.3 Å². The summed E-state index contributed by atoms with van der Waals surface area (Å²) in [5, 5.41) is 0. The van der Waals surface area contributed by atoms with E-state index in [0.29, 0.717) is 6.61 Å². The van der Waals surface area contributed by atoms with Gasteiger partial charge in [0.05, 0.1) is 26.9 Å². The van der Waals surface area contributed by atoms with Crippen LogP contribution in [0.4, 0.5) is 0 Å². The fraction of sp³-hybridized carbons (Fsp3) is 0.538. The number of aryl methyl sites for hydroxylation is 1. The standard InChI is InChI=1S/C13H19NO3/c1-9-7-10-11(14-16-3)5-4-6-17-13(10)12(8-9)15-2/h7-8,11,14H,4-6H2,1-3H3. The maximum atomic E-state index is 5.78. The smallest absolute Gasteiger partial charge is 0.166 e. The molecule has 0 aliphatic carbocycles. The number of ether oxygens (including phenoxy) is 2. The lowest BCUT2D eigenvalue weighted by atomic mass is 10.0. The third-order valence-electron chi connectivity index (χ3n) is 2.97. The zero-order valence-electron chi connectivity index (χ0n) is 10.6. The minimum absolute atomic E-state index is 0.159. The molecule has 1 aliphatic heterocycles. The summed E-state index contributed by atoms with van der Waals surface area (Å²) in [5.41, 5.74) is 5.30. The molecule has 1 aromatic carbocycles. The van der Waals surface area contributed by atoms with Gasteiger partial charge in [0.25, 0.3) is 0 Å². The van der Waals surface area contributed by atoms with Crippen molar-refractivity contribution in [2.75, 3.05) is 20.8 Å². The van der Waals surface area contributed by atoms with Crippen LogP contribution in [0.1, 0.15) is 30.0 Å². The van der Waals surface area contributed by atoms with Crippen molar-refractivity contribution in [1.82, 2.24) is 5.48 Å². The fourth-order valence-corrected chi connectivity index (χ4v) is 2.21. The maximum Gasteiger partial charge on any atom is 0.166 e. The largest absolute Gasteiger partial charge is 0.493 e. The second-order valence-corrected chi connectivity index (χ2v) is 4.25. The Morgan fingerprint density at radius 1 is 1.35 bits per heavy atom. The highest BCUT2D eigenvalue weighted by Crippen LogP contribution is 2.39. The molecular formula is C13H19NO3. The summed E-state index contributed by atoms with van der Waals surface area (Å²) in [6, 6.07) is 4.28. The molecule has 0 fully saturated rings. The van der Waals surface area contributed by atoms with Crippen molar-refractivity contribution in [1.29, 1.82) is 0 Å². The van der Waals surface area contributed by atoms with Crippen LogP contribution in [-0.4, -0.2) is 20.8 Å². The molecule has 0 aromatic heterocycles. The van der Waals surface area contributed by atoms with Crippen molar-refractivity contribution >= 4 is 0 Å². The zero-order chi connectivity index (χ0) is 12.3.